The summed E-state index contributed by atoms with van der Waals surface area (Å²) in [4.78, 5) is 2.02. The van der Waals surface area contributed by atoms with Gasteiger partial charge in [-0.05, 0) is 35.4 Å². The van der Waals surface area contributed by atoms with E-state index in [9.17, 15) is 5.11 Å². The lowest BCUT2D eigenvalue weighted by Crippen LogP contribution is -2.16. The second-order valence-electron chi connectivity index (χ2n) is 5.64. The zero-order chi connectivity index (χ0) is 16.9. The fourth-order valence-corrected chi connectivity index (χ4v) is 2.61. The van der Waals surface area contributed by atoms with E-state index in [1.165, 1.54) is 0 Å². The van der Waals surface area contributed by atoms with Gasteiger partial charge in [-0.15, -0.1) is 0 Å². The molecule has 4 nitrogen and oxygen atoms in total. The molecule has 0 radical (unpaired) electrons. The molecule has 0 spiro atoms. The van der Waals surface area contributed by atoms with Crippen molar-refractivity contribution in [2.45, 2.75) is 12.6 Å². The molecule has 2 aromatic carbocycles. The first-order valence-electron chi connectivity index (χ1n) is 7.70. The molecule has 0 amide bonds. The van der Waals surface area contributed by atoms with Gasteiger partial charge in [0.15, 0.2) is 0 Å². The number of benzene rings is 2. The van der Waals surface area contributed by atoms with E-state index in [0.717, 1.165) is 22.6 Å². The van der Waals surface area contributed by atoms with Gasteiger partial charge in [0.1, 0.15) is 17.9 Å². The average Bonchev–Trinajstić information content (AvgIpc) is 3.09. The molecule has 0 aliphatic carbocycles. The second-order valence-corrected chi connectivity index (χ2v) is 5.64. The molecule has 4 heteroatoms. The SMILES string of the molecule is CN(Cc1ccc(C#N)o1)c1cccc(C(O)c2ccccc2)c1. The molecule has 3 rings (SSSR count). The van der Waals surface area contributed by atoms with Crippen LogP contribution in [0.25, 0.3) is 0 Å². The number of hydrogen-bond donors (Lipinski definition) is 1. The average molecular weight is 318 g/mol. The standard InChI is InChI=1S/C20H18N2O2/c1-22(14-19-11-10-18(13-21)24-19)17-9-5-8-16(12-17)20(23)15-6-3-2-4-7-15/h2-12,20,23H,14H2,1H3. The third kappa shape index (κ3) is 3.48. The molecule has 3 aromatic rings. The van der Waals surface area contributed by atoms with Gasteiger partial charge in [0.25, 0.3) is 0 Å². The van der Waals surface area contributed by atoms with E-state index in [-0.39, 0.29) is 0 Å². The van der Waals surface area contributed by atoms with Crippen LogP contribution in [0.5, 0.6) is 0 Å². The van der Waals surface area contributed by atoms with Gasteiger partial charge in [-0.1, -0.05) is 42.5 Å². The van der Waals surface area contributed by atoms with Crippen LogP contribution in [-0.4, -0.2) is 12.2 Å². The van der Waals surface area contributed by atoms with Crippen molar-refractivity contribution in [1.29, 1.82) is 5.26 Å². The van der Waals surface area contributed by atoms with E-state index in [1.807, 2.05) is 72.6 Å². The molecule has 1 aromatic heterocycles. The van der Waals surface area contributed by atoms with Crippen LogP contribution in [-0.2, 0) is 6.54 Å². The van der Waals surface area contributed by atoms with Crippen LogP contribution in [0.1, 0.15) is 28.8 Å². The minimum Gasteiger partial charge on any atom is -0.449 e. The number of aliphatic hydroxyl groups is 1. The third-order valence-corrected chi connectivity index (χ3v) is 3.91. The minimum absolute atomic E-state index is 0.312. The molecule has 0 saturated carbocycles. The largest absolute Gasteiger partial charge is 0.449 e. The predicted molar refractivity (Wildman–Crippen MR) is 92.5 cm³/mol. The van der Waals surface area contributed by atoms with Crippen LogP contribution in [0.3, 0.4) is 0 Å². The summed E-state index contributed by atoms with van der Waals surface area (Å²) in [6.07, 6.45) is -0.659. The van der Waals surface area contributed by atoms with Gasteiger partial charge in [0.2, 0.25) is 5.76 Å². The quantitative estimate of drug-likeness (QED) is 0.776. The first-order valence-corrected chi connectivity index (χ1v) is 7.70. The lowest BCUT2D eigenvalue weighted by Gasteiger charge is -2.20. The molecular weight excluding hydrogens is 300 g/mol. The molecule has 0 aliphatic heterocycles. The molecule has 0 fully saturated rings. The van der Waals surface area contributed by atoms with E-state index in [1.54, 1.807) is 12.1 Å². The van der Waals surface area contributed by atoms with Crippen molar-refractivity contribution in [2.75, 3.05) is 11.9 Å². The Balaban J connectivity index is 1.78. The molecule has 1 heterocycles. The van der Waals surface area contributed by atoms with Crippen LogP contribution in [0.4, 0.5) is 5.69 Å². The number of hydrogen-bond acceptors (Lipinski definition) is 4. The highest BCUT2D eigenvalue weighted by atomic mass is 16.3. The molecule has 1 atom stereocenters. The van der Waals surface area contributed by atoms with E-state index >= 15 is 0 Å². The number of aliphatic hydroxyl groups excluding tert-OH is 1. The molecule has 0 saturated heterocycles. The Bertz CT molecular complexity index is 849. The number of furan rings is 1. The fourth-order valence-electron chi connectivity index (χ4n) is 2.61. The maximum absolute atomic E-state index is 10.5. The third-order valence-electron chi connectivity index (χ3n) is 3.91. The van der Waals surface area contributed by atoms with Crippen molar-refractivity contribution in [1.82, 2.24) is 0 Å². The Kier molecular flexibility index (Phi) is 4.64. The predicted octanol–water partition coefficient (Wildman–Crippen LogP) is 3.87. The number of anilines is 1. The highest BCUT2D eigenvalue weighted by Crippen LogP contribution is 2.26. The summed E-state index contributed by atoms with van der Waals surface area (Å²) < 4.78 is 5.42. The van der Waals surface area contributed by atoms with Crippen LogP contribution in [0.2, 0.25) is 0 Å². The summed E-state index contributed by atoms with van der Waals surface area (Å²) in [5, 5.41) is 19.4. The second kappa shape index (κ2) is 7.03. The summed E-state index contributed by atoms with van der Waals surface area (Å²) >= 11 is 0. The summed E-state index contributed by atoms with van der Waals surface area (Å²) in [7, 11) is 1.95. The van der Waals surface area contributed by atoms with Gasteiger partial charge in [-0.3, -0.25) is 0 Å². The molecule has 120 valence electrons. The van der Waals surface area contributed by atoms with Crippen molar-refractivity contribution in [3.8, 4) is 6.07 Å². The van der Waals surface area contributed by atoms with E-state index in [2.05, 4.69) is 0 Å². The maximum atomic E-state index is 10.5. The fraction of sp³-hybridized carbons (Fsp3) is 0.150. The maximum Gasteiger partial charge on any atom is 0.203 e. The number of nitriles is 1. The van der Waals surface area contributed by atoms with Crippen LogP contribution < -0.4 is 4.90 Å². The zero-order valence-corrected chi connectivity index (χ0v) is 13.4. The summed E-state index contributed by atoms with van der Waals surface area (Å²) in [6, 6.07) is 22.8. The smallest absolute Gasteiger partial charge is 0.203 e. The van der Waals surface area contributed by atoms with E-state index in [0.29, 0.717) is 12.3 Å². The summed E-state index contributed by atoms with van der Waals surface area (Å²) in [6.45, 7) is 0.548. The molecule has 24 heavy (non-hydrogen) atoms. The van der Waals surface area contributed by atoms with E-state index in [4.69, 9.17) is 9.68 Å². The molecular formula is C20H18N2O2. The van der Waals surface area contributed by atoms with Gasteiger partial charge in [-0.25, -0.2) is 0 Å². The number of rotatable bonds is 5. The van der Waals surface area contributed by atoms with Gasteiger partial charge in [-0.2, -0.15) is 5.26 Å². The Morgan fingerprint density at radius 1 is 1.04 bits per heavy atom. The van der Waals surface area contributed by atoms with Gasteiger partial charge in [0, 0.05) is 12.7 Å². The first kappa shape index (κ1) is 15.9. The van der Waals surface area contributed by atoms with Gasteiger partial charge >= 0.3 is 0 Å². The Morgan fingerprint density at radius 2 is 1.79 bits per heavy atom. The molecule has 0 bridgehead atoms. The van der Waals surface area contributed by atoms with Crippen LogP contribution in [0.15, 0.2) is 71.1 Å². The molecule has 1 unspecified atom stereocenters. The monoisotopic (exact) mass is 318 g/mol. The normalized spacial score (nSPS) is 11.7. The van der Waals surface area contributed by atoms with Gasteiger partial charge < -0.3 is 14.4 Å². The van der Waals surface area contributed by atoms with Crippen molar-refractivity contribution in [2.24, 2.45) is 0 Å². The van der Waals surface area contributed by atoms with Crippen LogP contribution in [0, 0.1) is 11.3 Å². The van der Waals surface area contributed by atoms with Crippen molar-refractivity contribution in [3.63, 3.8) is 0 Å². The topological polar surface area (TPSA) is 60.4 Å². The van der Waals surface area contributed by atoms with Gasteiger partial charge in [0.05, 0.1) is 6.54 Å². The van der Waals surface area contributed by atoms with Crippen LogP contribution >= 0.6 is 0 Å². The highest BCUT2D eigenvalue weighted by Gasteiger charge is 2.12. The lowest BCUT2D eigenvalue weighted by atomic mass is 10.0. The first-order chi connectivity index (χ1) is 11.7. The Hall–Kier alpha value is -3.03. The summed E-state index contributed by atoms with van der Waals surface area (Å²) in [5.41, 5.74) is 2.67. The van der Waals surface area contributed by atoms with E-state index < -0.39 is 6.10 Å². The zero-order valence-electron chi connectivity index (χ0n) is 13.4. The Morgan fingerprint density at radius 3 is 2.50 bits per heavy atom. The lowest BCUT2D eigenvalue weighted by molar-refractivity contribution is 0.220. The molecule has 1 N–H and O–H groups in total. The Labute approximate surface area is 141 Å². The van der Waals surface area contributed by atoms with Crippen molar-refractivity contribution >= 4 is 5.69 Å². The summed E-state index contributed by atoms with van der Waals surface area (Å²) in [5.74, 6) is 1.04. The molecule has 0 aliphatic rings. The highest BCUT2D eigenvalue weighted by molar-refractivity contribution is 5.49. The van der Waals surface area contributed by atoms with Crippen molar-refractivity contribution < 1.29 is 9.52 Å². The minimum atomic E-state index is -0.659. The van der Waals surface area contributed by atoms with Crippen molar-refractivity contribution in [3.05, 3.63) is 89.4 Å². The number of nitrogens with zero attached hydrogens (tertiary/aromatic N) is 2.